The number of hydrogen-bond acceptors (Lipinski definition) is 1. The molecule has 0 spiro atoms. The van der Waals surface area contributed by atoms with Crippen LogP contribution >= 0.6 is 0 Å². The Morgan fingerprint density at radius 3 is 1.19 bits per heavy atom. The molecule has 0 aromatic rings. The number of hydrogen-bond donors (Lipinski definition) is 1. The normalized spacial score (nSPS) is 11.9. The van der Waals surface area contributed by atoms with Gasteiger partial charge in [0.15, 0.2) is 0 Å². The van der Waals surface area contributed by atoms with Gasteiger partial charge in [-0.1, -0.05) is 148 Å². The minimum absolute atomic E-state index is 0.655. The lowest BCUT2D eigenvalue weighted by Gasteiger charge is -2.05. The van der Waals surface area contributed by atoms with Crippen LogP contribution in [0.3, 0.4) is 0 Å². The second-order valence-corrected chi connectivity index (χ2v) is 9.64. The van der Waals surface area contributed by atoms with Crippen molar-refractivity contribution >= 4 is 5.97 Å². The van der Waals surface area contributed by atoms with Crippen molar-refractivity contribution in [1.82, 2.24) is 0 Å². The summed E-state index contributed by atoms with van der Waals surface area (Å²) in [5, 5.41) is 9.44. The summed E-state index contributed by atoms with van der Waals surface area (Å²) in [4.78, 5) is 11.5. The second-order valence-electron chi connectivity index (χ2n) is 9.64. The largest absolute Gasteiger partial charge is 0.478 e. The summed E-state index contributed by atoms with van der Waals surface area (Å²) in [5.41, 5.74) is 0.655. The smallest absolute Gasteiger partial charge is 0.331 e. The Labute approximate surface area is 195 Å². The molecule has 184 valence electrons. The average Bonchev–Trinajstić information content (AvgIpc) is 2.76. The molecule has 2 nitrogen and oxygen atoms in total. The number of aliphatic carboxylic acids is 1. The first-order chi connectivity index (χ1) is 15.2. The van der Waals surface area contributed by atoms with E-state index in [2.05, 4.69) is 13.8 Å². The maximum Gasteiger partial charge on any atom is 0.331 e. The number of carboxylic acid groups (broad SMARTS) is 1. The molecule has 0 aliphatic rings. The van der Waals surface area contributed by atoms with Crippen molar-refractivity contribution in [2.24, 2.45) is 0 Å². The van der Waals surface area contributed by atoms with Crippen LogP contribution in [-0.4, -0.2) is 11.1 Å². The quantitative estimate of drug-likeness (QED) is 0.114. The monoisotopic (exact) mass is 436 g/mol. The van der Waals surface area contributed by atoms with E-state index in [1.807, 2.05) is 6.08 Å². The maximum atomic E-state index is 11.5. The van der Waals surface area contributed by atoms with Gasteiger partial charge in [-0.15, -0.1) is 0 Å². The molecule has 31 heavy (non-hydrogen) atoms. The van der Waals surface area contributed by atoms with E-state index in [1.54, 1.807) is 0 Å². The topological polar surface area (TPSA) is 37.3 Å². The third-order valence-electron chi connectivity index (χ3n) is 6.52. The van der Waals surface area contributed by atoms with Crippen molar-refractivity contribution in [2.75, 3.05) is 0 Å². The molecule has 0 fully saturated rings. The summed E-state index contributed by atoms with van der Waals surface area (Å²) in [6, 6.07) is 0. The summed E-state index contributed by atoms with van der Waals surface area (Å²) >= 11 is 0. The van der Waals surface area contributed by atoms with Crippen LogP contribution in [0.25, 0.3) is 0 Å². The lowest BCUT2D eigenvalue weighted by molar-refractivity contribution is -0.132. The Bertz CT molecular complexity index is 400. The Morgan fingerprint density at radius 2 is 0.839 bits per heavy atom. The van der Waals surface area contributed by atoms with E-state index < -0.39 is 5.97 Å². The lowest BCUT2D eigenvalue weighted by Crippen LogP contribution is -2.00. The predicted molar refractivity (Wildman–Crippen MR) is 138 cm³/mol. The van der Waals surface area contributed by atoms with Crippen LogP contribution in [0.4, 0.5) is 0 Å². The zero-order valence-electron chi connectivity index (χ0n) is 21.4. The first-order valence-electron chi connectivity index (χ1n) is 14.1. The minimum Gasteiger partial charge on any atom is -0.478 e. The van der Waals surface area contributed by atoms with Crippen molar-refractivity contribution in [3.05, 3.63) is 11.6 Å². The summed E-state index contributed by atoms with van der Waals surface area (Å²) in [7, 11) is 0. The molecule has 0 aliphatic heterocycles. The summed E-state index contributed by atoms with van der Waals surface area (Å²) in [6.45, 7) is 4.54. The SMILES string of the molecule is CCCCCCCCCCCCCC/C=C(/CCCCCCCCCCCC)C(=O)O. The zero-order chi connectivity index (χ0) is 22.8. The number of carboxylic acids is 1. The van der Waals surface area contributed by atoms with Crippen molar-refractivity contribution < 1.29 is 9.90 Å². The van der Waals surface area contributed by atoms with Crippen molar-refractivity contribution in [3.8, 4) is 0 Å². The first-order valence-corrected chi connectivity index (χ1v) is 14.1. The van der Waals surface area contributed by atoms with Crippen LogP contribution in [-0.2, 0) is 4.79 Å². The second kappa shape index (κ2) is 25.5. The molecule has 0 rings (SSSR count). The molecule has 0 aromatic carbocycles. The van der Waals surface area contributed by atoms with E-state index in [0.29, 0.717) is 5.57 Å². The fourth-order valence-corrected chi connectivity index (χ4v) is 4.36. The fourth-order valence-electron chi connectivity index (χ4n) is 4.36. The first kappa shape index (κ1) is 30.2. The van der Waals surface area contributed by atoms with Gasteiger partial charge in [0, 0.05) is 5.57 Å². The van der Waals surface area contributed by atoms with Gasteiger partial charge in [-0.05, 0) is 25.7 Å². The van der Waals surface area contributed by atoms with Crippen LogP contribution in [0.15, 0.2) is 11.6 Å². The number of unbranched alkanes of at least 4 members (excludes halogenated alkanes) is 21. The molecule has 0 amide bonds. The predicted octanol–water partition coefficient (Wildman–Crippen LogP) is 10.4. The molecule has 0 aliphatic carbocycles. The van der Waals surface area contributed by atoms with Gasteiger partial charge < -0.3 is 5.11 Å². The molecule has 0 bridgehead atoms. The van der Waals surface area contributed by atoms with Gasteiger partial charge in [0.05, 0.1) is 0 Å². The summed E-state index contributed by atoms with van der Waals surface area (Å²) in [6.07, 6.45) is 32.9. The van der Waals surface area contributed by atoms with Gasteiger partial charge in [0.2, 0.25) is 0 Å². The molecule has 1 N–H and O–H groups in total. The molecule has 0 saturated heterocycles. The van der Waals surface area contributed by atoms with E-state index in [-0.39, 0.29) is 0 Å². The third kappa shape index (κ3) is 23.7. The lowest BCUT2D eigenvalue weighted by atomic mass is 10.0. The molecule has 0 saturated carbocycles. The van der Waals surface area contributed by atoms with E-state index in [1.165, 1.54) is 128 Å². The standard InChI is InChI=1S/C29H56O2/c1-3-5-7-9-11-13-15-16-17-19-21-23-25-27-28(29(30)31)26-24-22-20-18-14-12-10-8-6-4-2/h27H,3-26H2,1-2H3,(H,30,31)/b28-27-. The third-order valence-corrected chi connectivity index (χ3v) is 6.52. The van der Waals surface area contributed by atoms with Gasteiger partial charge >= 0.3 is 5.97 Å². The molecule has 0 radical (unpaired) electrons. The maximum absolute atomic E-state index is 11.5. The van der Waals surface area contributed by atoms with Crippen LogP contribution in [0, 0.1) is 0 Å². The van der Waals surface area contributed by atoms with Gasteiger partial charge in [-0.3, -0.25) is 0 Å². The van der Waals surface area contributed by atoms with Crippen molar-refractivity contribution in [1.29, 1.82) is 0 Å². The molecule has 0 heterocycles. The van der Waals surface area contributed by atoms with Crippen LogP contribution in [0.2, 0.25) is 0 Å². The summed E-state index contributed by atoms with van der Waals surface area (Å²) in [5.74, 6) is -0.699. The van der Waals surface area contributed by atoms with Gasteiger partial charge in [0.25, 0.3) is 0 Å². The van der Waals surface area contributed by atoms with E-state index in [0.717, 1.165) is 25.7 Å². The molecule has 2 heteroatoms. The van der Waals surface area contributed by atoms with Gasteiger partial charge in [-0.2, -0.15) is 0 Å². The molecule has 0 aromatic heterocycles. The molecule has 0 atom stereocenters. The molecular formula is C29H56O2. The molecular weight excluding hydrogens is 380 g/mol. The highest BCUT2D eigenvalue weighted by molar-refractivity contribution is 5.86. The van der Waals surface area contributed by atoms with Gasteiger partial charge in [0.1, 0.15) is 0 Å². The zero-order valence-corrected chi connectivity index (χ0v) is 21.4. The van der Waals surface area contributed by atoms with Crippen LogP contribution in [0.5, 0.6) is 0 Å². The van der Waals surface area contributed by atoms with E-state index >= 15 is 0 Å². The molecule has 0 unspecified atom stereocenters. The minimum atomic E-state index is -0.699. The Kier molecular flexibility index (Phi) is 24.8. The van der Waals surface area contributed by atoms with Crippen LogP contribution in [0.1, 0.15) is 168 Å². The Morgan fingerprint density at radius 1 is 0.516 bits per heavy atom. The van der Waals surface area contributed by atoms with Crippen LogP contribution < -0.4 is 0 Å². The average molecular weight is 437 g/mol. The van der Waals surface area contributed by atoms with E-state index in [4.69, 9.17) is 0 Å². The summed E-state index contributed by atoms with van der Waals surface area (Å²) < 4.78 is 0. The highest BCUT2D eigenvalue weighted by Gasteiger charge is 2.06. The highest BCUT2D eigenvalue weighted by Crippen LogP contribution is 2.16. The van der Waals surface area contributed by atoms with Crippen molar-refractivity contribution in [3.63, 3.8) is 0 Å². The number of rotatable bonds is 25. The van der Waals surface area contributed by atoms with E-state index in [9.17, 15) is 9.90 Å². The highest BCUT2D eigenvalue weighted by atomic mass is 16.4. The van der Waals surface area contributed by atoms with Gasteiger partial charge in [-0.25, -0.2) is 4.79 Å². The number of carbonyl (C=O) groups is 1. The van der Waals surface area contributed by atoms with Crippen molar-refractivity contribution in [2.45, 2.75) is 168 Å². The fraction of sp³-hybridized carbons (Fsp3) is 0.897. The Balaban J connectivity index is 3.53. The number of allylic oxidation sites excluding steroid dienone is 1. The Hall–Kier alpha value is -0.790.